The van der Waals surface area contributed by atoms with Crippen molar-refractivity contribution in [3.8, 4) is 0 Å². The third-order valence-corrected chi connectivity index (χ3v) is 5.50. The molecule has 0 radical (unpaired) electrons. The minimum absolute atomic E-state index is 0.494. The Kier molecular flexibility index (Phi) is 4.14. The van der Waals surface area contributed by atoms with Crippen molar-refractivity contribution in [2.75, 3.05) is 6.54 Å². The monoisotopic (exact) mass is 239 g/mol. The molecule has 2 aliphatic carbocycles. The van der Waals surface area contributed by atoms with Gasteiger partial charge < -0.3 is 10.4 Å². The van der Waals surface area contributed by atoms with E-state index in [4.69, 9.17) is 0 Å². The fourth-order valence-electron chi connectivity index (χ4n) is 3.91. The summed E-state index contributed by atoms with van der Waals surface area (Å²) in [5.74, 6) is 2.86. The fraction of sp³-hybridized carbons (Fsp3) is 1.00. The van der Waals surface area contributed by atoms with Crippen molar-refractivity contribution in [3.05, 3.63) is 0 Å². The standard InChI is InChI=1S/C15H29NO/c1-4-15(17,5-2)10-16-11(3)14-9-12-6-7-13(14)8-12/h11-14,16-17H,4-10H2,1-3H3. The Bertz CT molecular complexity index is 249. The van der Waals surface area contributed by atoms with Gasteiger partial charge in [-0.2, -0.15) is 0 Å². The largest absolute Gasteiger partial charge is 0.389 e. The predicted octanol–water partition coefficient (Wildman–Crippen LogP) is 2.95. The molecule has 0 aromatic carbocycles. The summed E-state index contributed by atoms with van der Waals surface area (Å²) in [6.45, 7) is 7.23. The van der Waals surface area contributed by atoms with Gasteiger partial charge in [0.2, 0.25) is 0 Å². The maximum Gasteiger partial charge on any atom is 0.0766 e. The van der Waals surface area contributed by atoms with Gasteiger partial charge in [-0.15, -0.1) is 0 Å². The number of nitrogens with one attached hydrogen (secondary N) is 1. The quantitative estimate of drug-likeness (QED) is 0.747. The highest BCUT2D eigenvalue weighted by molar-refractivity contribution is 4.94. The van der Waals surface area contributed by atoms with Gasteiger partial charge in [-0.25, -0.2) is 0 Å². The summed E-state index contributed by atoms with van der Waals surface area (Å²) in [5, 5.41) is 13.9. The van der Waals surface area contributed by atoms with Crippen LogP contribution in [-0.4, -0.2) is 23.3 Å². The van der Waals surface area contributed by atoms with Crippen molar-refractivity contribution in [2.24, 2.45) is 17.8 Å². The van der Waals surface area contributed by atoms with Gasteiger partial charge >= 0.3 is 0 Å². The van der Waals surface area contributed by atoms with E-state index in [-0.39, 0.29) is 0 Å². The first-order valence-corrected chi connectivity index (χ1v) is 7.53. The third kappa shape index (κ3) is 2.85. The van der Waals surface area contributed by atoms with E-state index in [1.807, 2.05) is 0 Å². The molecule has 0 spiro atoms. The summed E-state index contributed by atoms with van der Waals surface area (Å²) in [5.41, 5.74) is -0.494. The summed E-state index contributed by atoms with van der Waals surface area (Å²) in [7, 11) is 0. The van der Waals surface area contributed by atoms with Crippen LogP contribution in [0, 0.1) is 17.8 Å². The van der Waals surface area contributed by atoms with Crippen molar-refractivity contribution in [1.82, 2.24) is 5.32 Å². The Labute approximate surface area is 106 Å². The van der Waals surface area contributed by atoms with E-state index in [9.17, 15) is 5.11 Å². The van der Waals surface area contributed by atoms with Crippen LogP contribution in [-0.2, 0) is 0 Å². The van der Waals surface area contributed by atoms with Crippen LogP contribution in [0.2, 0.25) is 0 Å². The molecule has 2 bridgehead atoms. The van der Waals surface area contributed by atoms with E-state index in [1.165, 1.54) is 25.7 Å². The molecule has 2 nitrogen and oxygen atoms in total. The molecule has 4 unspecified atom stereocenters. The summed E-state index contributed by atoms with van der Waals surface area (Å²) < 4.78 is 0. The van der Waals surface area contributed by atoms with Gasteiger partial charge in [0.25, 0.3) is 0 Å². The molecular formula is C15H29NO. The Hall–Kier alpha value is -0.0800. The lowest BCUT2D eigenvalue weighted by Gasteiger charge is -2.32. The molecule has 4 atom stereocenters. The van der Waals surface area contributed by atoms with Crippen LogP contribution in [0.5, 0.6) is 0 Å². The molecule has 100 valence electrons. The molecule has 2 saturated carbocycles. The van der Waals surface area contributed by atoms with E-state index in [0.29, 0.717) is 6.04 Å². The molecule has 0 aromatic rings. The lowest BCUT2D eigenvalue weighted by molar-refractivity contribution is 0.0272. The second kappa shape index (κ2) is 5.27. The van der Waals surface area contributed by atoms with E-state index in [0.717, 1.165) is 37.1 Å². The van der Waals surface area contributed by atoms with Crippen LogP contribution in [0.3, 0.4) is 0 Å². The zero-order valence-electron chi connectivity index (χ0n) is 11.7. The molecule has 0 aliphatic heterocycles. The Morgan fingerprint density at radius 2 is 1.94 bits per heavy atom. The predicted molar refractivity (Wildman–Crippen MR) is 71.9 cm³/mol. The highest BCUT2D eigenvalue weighted by Gasteiger charge is 2.41. The van der Waals surface area contributed by atoms with E-state index < -0.39 is 5.60 Å². The van der Waals surface area contributed by atoms with Gasteiger partial charge in [-0.3, -0.25) is 0 Å². The first kappa shape index (κ1) is 13.4. The molecule has 2 rings (SSSR count). The average Bonchev–Trinajstić information content (AvgIpc) is 2.97. The van der Waals surface area contributed by atoms with E-state index in [2.05, 4.69) is 26.1 Å². The van der Waals surface area contributed by atoms with Crippen LogP contribution in [0.1, 0.15) is 59.3 Å². The number of aliphatic hydroxyl groups is 1. The van der Waals surface area contributed by atoms with Crippen LogP contribution < -0.4 is 5.32 Å². The Morgan fingerprint density at radius 3 is 2.41 bits per heavy atom. The van der Waals surface area contributed by atoms with Gasteiger partial charge in [0.1, 0.15) is 0 Å². The summed E-state index contributed by atoms with van der Waals surface area (Å²) >= 11 is 0. The topological polar surface area (TPSA) is 32.3 Å². The zero-order valence-corrected chi connectivity index (χ0v) is 11.7. The lowest BCUT2D eigenvalue weighted by atomic mass is 9.83. The Morgan fingerprint density at radius 1 is 1.24 bits per heavy atom. The van der Waals surface area contributed by atoms with Gasteiger partial charge in [0, 0.05) is 12.6 Å². The second-order valence-corrected chi connectivity index (χ2v) is 6.44. The maximum atomic E-state index is 10.3. The smallest absolute Gasteiger partial charge is 0.0766 e. The highest BCUT2D eigenvalue weighted by atomic mass is 16.3. The van der Waals surface area contributed by atoms with Crippen LogP contribution in [0.15, 0.2) is 0 Å². The lowest BCUT2D eigenvalue weighted by Crippen LogP contribution is -2.46. The minimum atomic E-state index is -0.494. The van der Waals surface area contributed by atoms with Gasteiger partial charge in [-0.05, 0) is 56.8 Å². The van der Waals surface area contributed by atoms with Crippen molar-refractivity contribution in [3.63, 3.8) is 0 Å². The zero-order chi connectivity index (χ0) is 12.5. The molecule has 2 heteroatoms. The minimum Gasteiger partial charge on any atom is -0.389 e. The number of rotatable bonds is 6. The van der Waals surface area contributed by atoms with Crippen molar-refractivity contribution >= 4 is 0 Å². The van der Waals surface area contributed by atoms with Gasteiger partial charge in [-0.1, -0.05) is 20.3 Å². The van der Waals surface area contributed by atoms with Crippen molar-refractivity contribution in [2.45, 2.75) is 70.9 Å². The van der Waals surface area contributed by atoms with Crippen LogP contribution >= 0.6 is 0 Å². The van der Waals surface area contributed by atoms with Gasteiger partial charge in [0.15, 0.2) is 0 Å². The second-order valence-electron chi connectivity index (χ2n) is 6.44. The molecule has 0 heterocycles. The summed E-state index contributed by atoms with van der Waals surface area (Å²) in [4.78, 5) is 0. The molecule has 2 N–H and O–H groups in total. The average molecular weight is 239 g/mol. The first-order valence-electron chi connectivity index (χ1n) is 7.53. The summed E-state index contributed by atoms with van der Waals surface area (Å²) in [6, 6.07) is 0.579. The third-order valence-electron chi connectivity index (χ3n) is 5.50. The van der Waals surface area contributed by atoms with Crippen molar-refractivity contribution in [1.29, 1.82) is 0 Å². The molecule has 0 amide bonds. The molecule has 2 aliphatic rings. The number of fused-ring (bicyclic) bond motifs is 2. The van der Waals surface area contributed by atoms with Crippen molar-refractivity contribution < 1.29 is 5.11 Å². The maximum absolute atomic E-state index is 10.3. The van der Waals surface area contributed by atoms with Gasteiger partial charge in [0.05, 0.1) is 5.60 Å². The molecule has 17 heavy (non-hydrogen) atoms. The SMILES string of the molecule is CCC(O)(CC)CNC(C)C1CC2CCC1C2. The van der Waals surface area contributed by atoms with Crippen LogP contribution in [0.4, 0.5) is 0 Å². The Balaban J connectivity index is 1.79. The molecule has 0 aromatic heterocycles. The molecule has 2 fully saturated rings. The molecular weight excluding hydrogens is 210 g/mol. The molecule has 0 saturated heterocycles. The summed E-state index contributed by atoms with van der Waals surface area (Å²) in [6.07, 6.45) is 7.52. The number of hydrogen-bond donors (Lipinski definition) is 2. The van der Waals surface area contributed by atoms with E-state index in [1.54, 1.807) is 0 Å². The van der Waals surface area contributed by atoms with E-state index >= 15 is 0 Å². The highest BCUT2D eigenvalue weighted by Crippen LogP contribution is 2.49. The fourth-order valence-corrected chi connectivity index (χ4v) is 3.91. The first-order chi connectivity index (χ1) is 8.08. The van der Waals surface area contributed by atoms with Crippen LogP contribution in [0.25, 0.3) is 0 Å². The number of hydrogen-bond acceptors (Lipinski definition) is 2. The normalized spacial score (nSPS) is 34.2.